The number of carbonyl (C=O) groups excluding carboxylic acids is 2. The van der Waals surface area contributed by atoms with Gasteiger partial charge in [-0.2, -0.15) is 0 Å². The normalized spacial score (nSPS) is 26.8. The third-order valence-corrected chi connectivity index (χ3v) is 5.82. The molecule has 0 aliphatic carbocycles. The van der Waals surface area contributed by atoms with Crippen LogP contribution < -0.4 is 4.90 Å². The number of amides is 1. The molecule has 1 atom stereocenters. The highest BCUT2D eigenvalue weighted by Gasteiger charge is 2.46. The van der Waals surface area contributed by atoms with Crippen molar-refractivity contribution in [2.75, 3.05) is 26.2 Å². The first-order valence-electron chi connectivity index (χ1n) is 10.7. The standard InChI is InChI=1S/C23H33N3O3/c1-5-29-22(28)19-16-26(23(2,3)4)21(27)20(19)24-18-11-13-25(14-12-18)15-17-9-7-6-8-10-17/h6-10,18-19H,5,11-16H2,1-4H3/p+1/t19-/m1/s1. The van der Waals surface area contributed by atoms with Crippen LogP contribution in [0.2, 0.25) is 0 Å². The van der Waals surface area contributed by atoms with Gasteiger partial charge in [-0.25, -0.2) is 0 Å². The van der Waals surface area contributed by atoms with Crippen LogP contribution in [-0.4, -0.2) is 60.3 Å². The fraction of sp³-hybridized carbons (Fsp3) is 0.609. The van der Waals surface area contributed by atoms with Gasteiger partial charge in [0.2, 0.25) is 0 Å². The van der Waals surface area contributed by atoms with Crippen molar-refractivity contribution in [1.82, 2.24) is 4.90 Å². The number of benzene rings is 1. The summed E-state index contributed by atoms with van der Waals surface area (Å²) in [6.07, 6.45) is 1.87. The zero-order valence-electron chi connectivity index (χ0n) is 18.1. The van der Waals surface area contributed by atoms with Crippen molar-refractivity contribution >= 4 is 17.6 Å². The molecule has 2 saturated heterocycles. The van der Waals surface area contributed by atoms with Crippen LogP contribution in [-0.2, 0) is 20.9 Å². The second-order valence-electron chi connectivity index (χ2n) is 9.05. The first-order chi connectivity index (χ1) is 13.8. The van der Waals surface area contributed by atoms with Gasteiger partial charge in [-0.1, -0.05) is 30.3 Å². The van der Waals surface area contributed by atoms with Crippen molar-refractivity contribution in [2.45, 2.75) is 58.7 Å². The number of nitrogens with one attached hydrogen (secondary N) is 1. The summed E-state index contributed by atoms with van der Waals surface area (Å²) in [5.74, 6) is -1.02. The van der Waals surface area contributed by atoms with E-state index in [9.17, 15) is 9.59 Å². The summed E-state index contributed by atoms with van der Waals surface area (Å²) < 4.78 is 5.24. The molecule has 2 aliphatic rings. The number of esters is 1. The zero-order chi connectivity index (χ0) is 21.0. The van der Waals surface area contributed by atoms with Gasteiger partial charge in [-0.3, -0.25) is 14.6 Å². The summed E-state index contributed by atoms with van der Waals surface area (Å²) >= 11 is 0. The predicted octanol–water partition coefficient (Wildman–Crippen LogP) is 1.49. The van der Waals surface area contributed by atoms with E-state index in [1.54, 1.807) is 16.7 Å². The SMILES string of the molecule is CCOC(=O)[C@@H]1CN(C(C)(C)C)C(=O)C1=NC1CC[NH+](Cc2ccccc2)CC1. The lowest BCUT2D eigenvalue weighted by molar-refractivity contribution is -0.918. The summed E-state index contributed by atoms with van der Waals surface area (Å²) in [5.41, 5.74) is 1.40. The van der Waals surface area contributed by atoms with Crippen LogP contribution in [0.5, 0.6) is 0 Å². The smallest absolute Gasteiger partial charge is 0.317 e. The van der Waals surface area contributed by atoms with Crippen molar-refractivity contribution in [3.63, 3.8) is 0 Å². The Morgan fingerprint density at radius 1 is 1.21 bits per heavy atom. The van der Waals surface area contributed by atoms with Gasteiger partial charge < -0.3 is 14.5 Å². The number of hydrogen-bond donors (Lipinski definition) is 1. The van der Waals surface area contributed by atoms with Crippen LogP contribution in [0.3, 0.4) is 0 Å². The first kappa shape index (κ1) is 21.5. The minimum atomic E-state index is -0.573. The molecule has 0 saturated carbocycles. The van der Waals surface area contributed by atoms with Crippen LogP contribution in [0, 0.1) is 5.92 Å². The quantitative estimate of drug-likeness (QED) is 0.762. The minimum absolute atomic E-state index is 0.102. The highest BCUT2D eigenvalue weighted by molar-refractivity contribution is 6.44. The van der Waals surface area contributed by atoms with E-state index in [-0.39, 0.29) is 23.5 Å². The average molecular weight is 401 g/mol. The van der Waals surface area contributed by atoms with Crippen LogP contribution >= 0.6 is 0 Å². The number of likely N-dealkylation sites (tertiary alicyclic amines) is 2. The molecule has 29 heavy (non-hydrogen) atoms. The topological polar surface area (TPSA) is 63.4 Å². The van der Waals surface area contributed by atoms with E-state index in [2.05, 4.69) is 24.3 Å². The highest BCUT2D eigenvalue weighted by atomic mass is 16.5. The highest BCUT2D eigenvalue weighted by Crippen LogP contribution is 2.26. The van der Waals surface area contributed by atoms with Gasteiger partial charge in [0.1, 0.15) is 18.2 Å². The number of nitrogens with zero attached hydrogens (tertiary/aromatic N) is 2. The van der Waals surface area contributed by atoms with Crippen molar-refractivity contribution < 1.29 is 19.2 Å². The largest absolute Gasteiger partial charge is 0.465 e. The first-order valence-corrected chi connectivity index (χ1v) is 10.7. The predicted molar refractivity (Wildman–Crippen MR) is 113 cm³/mol. The summed E-state index contributed by atoms with van der Waals surface area (Å²) in [4.78, 5) is 33.6. The molecule has 1 amide bonds. The lowest BCUT2D eigenvalue weighted by atomic mass is 10.0. The van der Waals surface area contributed by atoms with Crippen molar-refractivity contribution in [3.05, 3.63) is 35.9 Å². The van der Waals surface area contributed by atoms with E-state index in [0.717, 1.165) is 32.5 Å². The Morgan fingerprint density at radius 3 is 2.45 bits per heavy atom. The molecule has 0 unspecified atom stereocenters. The van der Waals surface area contributed by atoms with Gasteiger partial charge in [0.05, 0.1) is 25.7 Å². The Bertz CT molecular complexity index is 746. The van der Waals surface area contributed by atoms with E-state index < -0.39 is 5.92 Å². The summed E-state index contributed by atoms with van der Waals surface area (Å²) in [7, 11) is 0. The van der Waals surface area contributed by atoms with Gasteiger partial charge in [0.25, 0.3) is 5.91 Å². The number of rotatable bonds is 5. The summed E-state index contributed by atoms with van der Waals surface area (Å²) in [6, 6.07) is 10.6. The molecule has 0 bridgehead atoms. The van der Waals surface area contributed by atoms with Gasteiger partial charge in [0.15, 0.2) is 0 Å². The number of quaternary nitrogens is 1. The molecule has 0 radical (unpaired) electrons. The molecule has 2 aliphatic heterocycles. The van der Waals surface area contributed by atoms with Crippen molar-refractivity contribution in [2.24, 2.45) is 10.9 Å². The van der Waals surface area contributed by atoms with Gasteiger partial charge in [-0.15, -0.1) is 0 Å². The second-order valence-corrected chi connectivity index (χ2v) is 9.05. The van der Waals surface area contributed by atoms with Crippen LogP contribution in [0.4, 0.5) is 0 Å². The van der Waals surface area contributed by atoms with Crippen LogP contribution in [0.25, 0.3) is 0 Å². The van der Waals surface area contributed by atoms with Gasteiger partial charge in [0, 0.05) is 30.5 Å². The molecule has 2 fully saturated rings. The average Bonchev–Trinajstić information content (AvgIpc) is 3.01. The third-order valence-electron chi connectivity index (χ3n) is 5.82. The molecule has 0 aromatic heterocycles. The van der Waals surface area contributed by atoms with E-state index in [4.69, 9.17) is 9.73 Å². The number of hydrogen-bond acceptors (Lipinski definition) is 4. The summed E-state index contributed by atoms with van der Waals surface area (Å²) in [6.45, 7) is 11.5. The molecule has 3 rings (SSSR count). The van der Waals surface area contributed by atoms with Crippen molar-refractivity contribution in [3.8, 4) is 0 Å². The van der Waals surface area contributed by atoms with Crippen LogP contribution in [0.15, 0.2) is 35.3 Å². The Labute approximate surface area is 173 Å². The fourth-order valence-electron chi connectivity index (χ4n) is 4.19. The molecule has 158 valence electrons. The lowest BCUT2D eigenvalue weighted by Gasteiger charge is -2.31. The number of aliphatic imine (C=N–C) groups is 1. The number of ether oxygens (including phenoxy) is 1. The monoisotopic (exact) mass is 400 g/mol. The van der Waals surface area contributed by atoms with Gasteiger partial charge in [-0.05, 0) is 27.7 Å². The Balaban J connectivity index is 1.68. The minimum Gasteiger partial charge on any atom is -0.465 e. The molecule has 1 N–H and O–H groups in total. The molecule has 6 nitrogen and oxygen atoms in total. The zero-order valence-corrected chi connectivity index (χ0v) is 18.1. The van der Waals surface area contributed by atoms with Gasteiger partial charge >= 0.3 is 5.97 Å². The van der Waals surface area contributed by atoms with Crippen LogP contribution in [0.1, 0.15) is 46.1 Å². The Kier molecular flexibility index (Phi) is 6.73. The molecular formula is C23H34N3O3+. The Morgan fingerprint density at radius 2 is 1.86 bits per heavy atom. The maximum Gasteiger partial charge on any atom is 0.317 e. The Hall–Kier alpha value is -2.21. The molecular weight excluding hydrogens is 366 g/mol. The van der Waals surface area contributed by atoms with E-state index in [1.165, 1.54) is 5.56 Å². The molecule has 2 heterocycles. The fourth-order valence-corrected chi connectivity index (χ4v) is 4.19. The third kappa shape index (κ3) is 5.24. The molecule has 1 aromatic rings. The number of carbonyl (C=O) groups is 2. The summed E-state index contributed by atoms with van der Waals surface area (Å²) in [5, 5.41) is 0. The molecule has 1 aromatic carbocycles. The van der Waals surface area contributed by atoms with E-state index in [0.29, 0.717) is 18.9 Å². The number of piperidine rings is 1. The lowest BCUT2D eigenvalue weighted by Crippen LogP contribution is -3.12. The maximum atomic E-state index is 13.0. The maximum absolute atomic E-state index is 13.0. The van der Waals surface area contributed by atoms with E-state index in [1.807, 2.05) is 26.8 Å². The molecule has 6 heteroatoms. The van der Waals surface area contributed by atoms with Crippen molar-refractivity contribution in [1.29, 1.82) is 0 Å². The molecule has 0 spiro atoms. The second kappa shape index (κ2) is 9.08. The van der Waals surface area contributed by atoms with E-state index >= 15 is 0 Å².